The number of methoxy groups -OCH3 is 1. The first-order valence-corrected chi connectivity index (χ1v) is 9.90. The van der Waals surface area contributed by atoms with Crippen LogP contribution in [0.2, 0.25) is 0 Å². The number of aliphatic hydroxyl groups excluding tert-OH is 1. The Hall–Kier alpha value is -1.02. The summed E-state index contributed by atoms with van der Waals surface area (Å²) in [7, 11) is 1.77. The second-order valence-electron chi connectivity index (χ2n) is 9.22. The van der Waals surface area contributed by atoms with Crippen LogP contribution in [0, 0.1) is 28.6 Å². The smallest absolute Gasteiger partial charge is 0.119 e. The number of rotatable bonds is 2. The molecule has 3 fully saturated rings. The molecule has 2 heteroatoms. The summed E-state index contributed by atoms with van der Waals surface area (Å²) >= 11 is 0. The molecule has 1 N–H and O–H groups in total. The van der Waals surface area contributed by atoms with Gasteiger partial charge in [-0.1, -0.05) is 26.3 Å². The Kier molecular flexibility index (Phi) is 3.04. The van der Waals surface area contributed by atoms with Crippen LogP contribution in [0.5, 0.6) is 5.75 Å². The van der Waals surface area contributed by atoms with Gasteiger partial charge in [-0.15, -0.1) is 0 Å². The van der Waals surface area contributed by atoms with Gasteiger partial charge in [-0.25, -0.2) is 0 Å². The molecule has 0 heterocycles. The normalized spacial score (nSPS) is 48.1. The Bertz CT molecular complexity index is 683. The number of fused-ring (bicyclic) bond motifs is 3. The van der Waals surface area contributed by atoms with Crippen LogP contribution in [0.15, 0.2) is 18.2 Å². The lowest BCUT2D eigenvalue weighted by atomic mass is 9.49. The third-order valence-corrected chi connectivity index (χ3v) is 8.73. The summed E-state index contributed by atoms with van der Waals surface area (Å²) in [5, 5.41) is 10.8. The Balaban J connectivity index is 1.62. The molecule has 4 aliphatic carbocycles. The molecule has 24 heavy (non-hydrogen) atoms. The molecule has 0 amide bonds. The summed E-state index contributed by atoms with van der Waals surface area (Å²) in [5.41, 5.74) is 3.73. The summed E-state index contributed by atoms with van der Waals surface area (Å²) < 4.78 is 5.48. The molecule has 1 aromatic carbocycles. The van der Waals surface area contributed by atoms with E-state index in [-0.39, 0.29) is 11.5 Å². The number of aliphatic hydroxyl groups is 1. The van der Waals surface area contributed by atoms with E-state index in [0.29, 0.717) is 11.3 Å². The fraction of sp³-hybridized carbons (Fsp3) is 0.727. The van der Waals surface area contributed by atoms with Crippen molar-refractivity contribution in [3.63, 3.8) is 0 Å². The SMILES string of the molecule is CC[C@@H]1Cc2cc(OC)ccc2[C@H]2CC[C@]3(C)C(O)C[C@H]4C[C@]43[C@H]12. The van der Waals surface area contributed by atoms with Crippen LogP contribution in [0.3, 0.4) is 0 Å². The van der Waals surface area contributed by atoms with Crippen LogP contribution < -0.4 is 4.74 Å². The fourth-order valence-electron chi connectivity index (χ4n) is 7.52. The molecule has 3 saturated carbocycles. The largest absolute Gasteiger partial charge is 0.497 e. The van der Waals surface area contributed by atoms with Gasteiger partial charge in [0.15, 0.2) is 0 Å². The molecule has 1 aromatic rings. The zero-order valence-electron chi connectivity index (χ0n) is 15.2. The van der Waals surface area contributed by atoms with E-state index in [9.17, 15) is 5.11 Å². The lowest BCUT2D eigenvalue weighted by Gasteiger charge is -2.55. The molecular formula is C22H30O2. The molecule has 0 bridgehead atoms. The van der Waals surface area contributed by atoms with Crippen LogP contribution in [-0.4, -0.2) is 18.3 Å². The van der Waals surface area contributed by atoms with Gasteiger partial charge in [0, 0.05) is 0 Å². The quantitative estimate of drug-likeness (QED) is 0.864. The van der Waals surface area contributed by atoms with Gasteiger partial charge in [0.05, 0.1) is 13.2 Å². The summed E-state index contributed by atoms with van der Waals surface area (Å²) in [6.45, 7) is 4.79. The molecule has 130 valence electrons. The molecule has 0 aliphatic heterocycles. The Labute approximate surface area is 145 Å². The molecule has 7 atom stereocenters. The summed E-state index contributed by atoms with van der Waals surface area (Å²) in [4.78, 5) is 0. The summed E-state index contributed by atoms with van der Waals surface area (Å²) in [5.74, 6) is 4.04. The van der Waals surface area contributed by atoms with Crippen molar-refractivity contribution in [2.24, 2.45) is 28.6 Å². The van der Waals surface area contributed by atoms with Gasteiger partial charge >= 0.3 is 0 Å². The fourth-order valence-corrected chi connectivity index (χ4v) is 7.52. The summed E-state index contributed by atoms with van der Waals surface area (Å²) in [6, 6.07) is 6.79. The standard InChI is InChI=1S/C22H30O2/c1-4-13-9-14-10-16(24-3)5-6-17(14)18-7-8-21(2)19(23)11-15-12-22(15,21)20(13)18/h5-6,10,13,15,18-20,23H,4,7-9,11-12H2,1-3H3/t13-,15+,18-,19?,20-,21-,22-/m1/s1. The maximum absolute atomic E-state index is 10.8. The van der Waals surface area contributed by atoms with Crippen molar-refractivity contribution in [2.45, 2.75) is 64.4 Å². The maximum atomic E-state index is 10.8. The van der Waals surface area contributed by atoms with Crippen molar-refractivity contribution in [3.05, 3.63) is 29.3 Å². The highest BCUT2D eigenvalue weighted by Gasteiger charge is 2.77. The van der Waals surface area contributed by atoms with E-state index in [4.69, 9.17) is 4.74 Å². The minimum absolute atomic E-state index is 0.0630. The minimum Gasteiger partial charge on any atom is -0.497 e. The summed E-state index contributed by atoms with van der Waals surface area (Å²) in [6.07, 6.45) is 7.29. The number of benzene rings is 1. The third kappa shape index (κ3) is 1.62. The van der Waals surface area contributed by atoms with E-state index in [1.54, 1.807) is 12.7 Å². The highest BCUT2D eigenvalue weighted by Crippen LogP contribution is 2.82. The van der Waals surface area contributed by atoms with Crippen LogP contribution >= 0.6 is 0 Å². The highest BCUT2D eigenvalue weighted by atomic mass is 16.5. The monoisotopic (exact) mass is 326 g/mol. The van der Waals surface area contributed by atoms with Crippen molar-refractivity contribution in [3.8, 4) is 5.75 Å². The van der Waals surface area contributed by atoms with Crippen molar-refractivity contribution in [1.29, 1.82) is 0 Å². The van der Waals surface area contributed by atoms with Gasteiger partial charge in [0.25, 0.3) is 0 Å². The van der Waals surface area contributed by atoms with Crippen LogP contribution in [0.1, 0.15) is 63.0 Å². The third-order valence-electron chi connectivity index (χ3n) is 8.73. The van der Waals surface area contributed by atoms with E-state index in [1.807, 2.05) is 0 Å². The second kappa shape index (κ2) is 4.78. The zero-order valence-corrected chi connectivity index (χ0v) is 15.2. The molecule has 4 aliphatic rings. The van der Waals surface area contributed by atoms with Gasteiger partial charge in [0.2, 0.25) is 0 Å². The van der Waals surface area contributed by atoms with Crippen molar-refractivity contribution in [1.82, 2.24) is 0 Å². The van der Waals surface area contributed by atoms with E-state index < -0.39 is 0 Å². The van der Waals surface area contributed by atoms with Crippen LogP contribution in [-0.2, 0) is 6.42 Å². The number of hydrogen-bond donors (Lipinski definition) is 1. The first-order valence-electron chi connectivity index (χ1n) is 9.90. The Morgan fingerprint density at radius 1 is 1.33 bits per heavy atom. The zero-order chi connectivity index (χ0) is 16.7. The van der Waals surface area contributed by atoms with E-state index in [0.717, 1.165) is 29.9 Å². The van der Waals surface area contributed by atoms with Crippen molar-refractivity contribution in [2.75, 3.05) is 7.11 Å². The van der Waals surface area contributed by atoms with Gasteiger partial charge in [0.1, 0.15) is 5.75 Å². The van der Waals surface area contributed by atoms with Gasteiger partial charge in [-0.05, 0) is 89.9 Å². The molecule has 5 rings (SSSR count). The lowest BCUT2D eigenvalue weighted by molar-refractivity contribution is -0.0716. The van der Waals surface area contributed by atoms with Gasteiger partial charge in [-0.3, -0.25) is 0 Å². The van der Waals surface area contributed by atoms with Gasteiger partial charge in [-0.2, -0.15) is 0 Å². The highest BCUT2D eigenvalue weighted by molar-refractivity contribution is 5.43. The van der Waals surface area contributed by atoms with Crippen LogP contribution in [0.25, 0.3) is 0 Å². The Morgan fingerprint density at radius 2 is 2.17 bits per heavy atom. The molecule has 1 spiro atoms. The van der Waals surface area contributed by atoms with Crippen LogP contribution in [0.4, 0.5) is 0 Å². The average molecular weight is 326 g/mol. The molecule has 0 aromatic heterocycles. The molecular weight excluding hydrogens is 296 g/mol. The van der Waals surface area contributed by atoms with E-state index in [2.05, 4.69) is 32.0 Å². The number of ether oxygens (including phenoxy) is 1. The minimum atomic E-state index is -0.0630. The predicted molar refractivity (Wildman–Crippen MR) is 95.2 cm³/mol. The first-order chi connectivity index (χ1) is 11.5. The molecule has 0 saturated heterocycles. The van der Waals surface area contributed by atoms with Gasteiger partial charge < -0.3 is 9.84 Å². The molecule has 0 radical (unpaired) electrons. The Morgan fingerprint density at radius 3 is 2.92 bits per heavy atom. The topological polar surface area (TPSA) is 29.5 Å². The van der Waals surface area contributed by atoms with E-state index in [1.165, 1.54) is 37.7 Å². The first kappa shape index (κ1) is 15.3. The average Bonchev–Trinajstić information content (AvgIpc) is 3.25. The van der Waals surface area contributed by atoms with E-state index >= 15 is 0 Å². The molecule has 2 nitrogen and oxygen atoms in total. The van der Waals surface area contributed by atoms with Crippen molar-refractivity contribution >= 4 is 0 Å². The predicted octanol–water partition coefficient (Wildman–Crippen LogP) is 4.55. The molecule has 1 unspecified atom stereocenters. The maximum Gasteiger partial charge on any atom is 0.119 e. The lowest BCUT2D eigenvalue weighted by Crippen LogP contribution is -2.50. The van der Waals surface area contributed by atoms with Crippen molar-refractivity contribution < 1.29 is 9.84 Å². The number of hydrogen-bond acceptors (Lipinski definition) is 2. The second-order valence-corrected chi connectivity index (χ2v) is 9.22.